The molecule has 3 nitrogen and oxygen atoms in total. The number of benzene rings is 3. The minimum Gasteiger partial charge on any atom is -0.508 e. The van der Waals surface area contributed by atoms with Crippen molar-refractivity contribution in [3.05, 3.63) is 72.3 Å². The van der Waals surface area contributed by atoms with Crippen molar-refractivity contribution in [1.29, 1.82) is 0 Å². The summed E-state index contributed by atoms with van der Waals surface area (Å²) in [5.74, 6) is 0.282. The third-order valence-corrected chi connectivity index (χ3v) is 6.21. The zero-order valence-electron chi connectivity index (χ0n) is 16.8. The van der Waals surface area contributed by atoms with E-state index in [2.05, 4.69) is 54.1 Å². The van der Waals surface area contributed by atoms with E-state index in [0.29, 0.717) is 6.04 Å². The molecule has 1 aliphatic rings. The summed E-state index contributed by atoms with van der Waals surface area (Å²) in [5.41, 5.74) is 7.11. The third-order valence-electron chi connectivity index (χ3n) is 6.21. The van der Waals surface area contributed by atoms with Gasteiger partial charge in [0.2, 0.25) is 0 Å². The van der Waals surface area contributed by atoms with Gasteiger partial charge in [-0.2, -0.15) is 5.10 Å². The van der Waals surface area contributed by atoms with Crippen LogP contribution in [0, 0.1) is 0 Å². The average Bonchev–Trinajstić information content (AvgIpc) is 3.42. The Labute approximate surface area is 171 Å². The average molecular weight is 383 g/mol. The first-order valence-electron chi connectivity index (χ1n) is 10.6. The number of aromatic nitrogens is 2. The summed E-state index contributed by atoms with van der Waals surface area (Å²) < 4.78 is 2.29. The van der Waals surface area contributed by atoms with Crippen LogP contribution < -0.4 is 0 Å². The second kappa shape index (κ2) is 7.40. The number of hydrogen-bond acceptors (Lipinski definition) is 2. The van der Waals surface area contributed by atoms with Crippen molar-refractivity contribution >= 4 is 10.9 Å². The van der Waals surface area contributed by atoms with Crippen LogP contribution in [0.3, 0.4) is 0 Å². The topological polar surface area (TPSA) is 38.1 Å². The number of nitrogens with zero attached hydrogens (tertiary/aromatic N) is 2. The summed E-state index contributed by atoms with van der Waals surface area (Å²) >= 11 is 0. The Morgan fingerprint density at radius 1 is 0.897 bits per heavy atom. The largest absolute Gasteiger partial charge is 0.508 e. The van der Waals surface area contributed by atoms with Gasteiger partial charge < -0.3 is 5.11 Å². The number of aryl methyl sites for hydroxylation is 1. The molecule has 1 fully saturated rings. The van der Waals surface area contributed by atoms with Gasteiger partial charge in [0.1, 0.15) is 11.4 Å². The van der Waals surface area contributed by atoms with Gasteiger partial charge in [0.15, 0.2) is 0 Å². The van der Waals surface area contributed by atoms with Gasteiger partial charge in [-0.1, -0.05) is 62.2 Å². The number of hydrogen-bond donors (Lipinski definition) is 1. The molecule has 0 radical (unpaired) electrons. The number of fused-ring (bicyclic) bond motifs is 1. The predicted octanol–water partition coefficient (Wildman–Crippen LogP) is 6.75. The fourth-order valence-electron chi connectivity index (χ4n) is 4.59. The first-order valence-corrected chi connectivity index (χ1v) is 10.6. The Bertz CT molecular complexity index is 1130. The van der Waals surface area contributed by atoms with Crippen molar-refractivity contribution in [3.8, 4) is 28.1 Å². The zero-order valence-corrected chi connectivity index (χ0v) is 16.8. The van der Waals surface area contributed by atoms with Gasteiger partial charge in [0.05, 0.1) is 11.6 Å². The number of aromatic hydroxyl groups is 1. The minimum absolute atomic E-state index is 0.282. The van der Waals surface area contributed by atoms with Crippen LogP contribution in [0.5, 0.6) is 5.75 Å². The van der Waals surface area contributed by atoms with E-state index in [1.807, 2.05) is 12.1 Å². The molecule has 0 spiro atoms. The Morgan fingerprint density at radius 2 is 1.59 bits per heavy atom. The molecule has 1 heterocycles. The molecule has 1 saturated carbocycles. The molecule has 1 N–H and O–H groups in total. The van der Waals surface area contributed by atoms with Gasteiger partial charge in [-0.05, 0) is 54.7 Å². The molecule has 146 valence electrons. The van der Waals surface area contributed by atoms with Crippen molar-refractivity contribution in [1.82, 2.24) is 9.78 Å². The van der Waals surface area contributed by atoms with Crippen LogP contribution >= 0.6 is 0 Å². The smallest absolute Gasteiger partial charge is 0.115 e. The second-order valence-electron chi connectivity index (χ2n) is 8.03. The van der Waals surface area contributed by atoms with E-state index in [1.165, 1.54) is 53.3 Å². The van der Waals surface area contributed by atoms with Gasteiger partial charge in [0, 0.05) is 16.5 Å². The van der Waals surface area contributed by atoms with E-state index in [4.69, 9.17) is 5.10 Å². The van der Waals surface area contributed by atoms with Crippen LogP contribution in [0.4, 0.5) is 0 Å². The summed E-state index contributed by atoms with van der Waals surface area (Å²) in [7, 11) is 0. The molecule has 5 rings (SSSR count). The maximum absolute atomic E-state index is 9.70. The molecule has 29 heavy (non-hydrogen) atoms. The van der Waals surface area contributed by atoms with E-state index in [9.17, 15) is 5.11 Å². The van der Waals surface area contributed by atoms with E-state index >= 15 is 0 Å². The van der Waals surface area contributed by atoms with Crippen molar-refractivity contribution in [3.63, 3.8) is 0 Å². The van der Waals surface area contributed by atoms with E-state index in [1.54, 1.807) is 12.1 Å². The minimum atomic E-state index is 0.282. The van der Waals surface area contributed by atoms with E-state index < -0.39 is 0 Å². The van der Waals surface area contributed by atoms with Crippen LogP contribution in [-0.4, -0.2) is 14.9 Å². The lowest BCUT2D eigenvalue weighted by molar-refractivity contribution is 0.475. The molecule has 0 atom stereocenters. The number of phenols is 1. The van der Waals surface area contributed by atoms with Crippen molar-refractivity contribution < 1.29 is 5.11 Å². The maximum atomic E-state index is 9.70. The molecule has 0 unspecified atom stereocenters. The fourth-order valence-corrected chi connectivity index (χ4v) is 4.59. The lowest BCUT2D eigenvalue weighted by Crippen LogP contribution is -2.07. The molecule has 1 aromatic heterocycles. The highest BCUT2D eigenvalue weighted by atomic mass is 16.3. The quantitative estimate of drug-likeness (QED) is 0.424. The van der Waals surface area contributed by atoms with Crippen molar-refractivity contribution in [2.45, 2.75) is 45.1 Å². The van der Waals surface area contributed by atoms with Crippen LogP contribution in [0.1, 0.15) is 44.2 Å². The van der Waals surface area contributed by atoms with Crippen LogP contribution in [0.2, 0.25) is 0 Å². The molecule has 0 aliphatic heterocycles. The summed E-state index contributed by atoms with van der Waals surface area (Å²) in [5, 5.41) is 16.0. The fraction of sp³-hybridized carbons (Fsp3) is 0.269. The maximum Gasteiger partial charge on any atom is 0.115 e. The number of rotatable bonds is 4. The number of para-hydroxylation sites is 1. The Balaban J connectivity index is 1.74. The molecule has 3 heteroatoms. The highest BCUT2D eigenvalue weighted by molar-refractivity contribution is 6.01. The molecular formula is C26H26N2O. The van der Waals surface area contributed by atoms with Gasteiger partial charge >= 0.3 is 0 Å². The molecular weight excluding hydrogens is 356 g/mol. The van der Waals surface area contributed by atoms with E-state index in [-0.39, 0.29) is 5.75 Å². The standard InChI is InChI=1S/C26H26N2O/c1-2-18-10-12-19(13-11-18)23-8-5-9-24-25(20-14-16-22(29)17-15-20)27-28(26(23)24)21-6-3-4-7-21/h5,8-17,21,29H,2-4,6-7H2,1H3. The Hall–Kier alpha value is -3.07. The highest BCUT2D eigenvalue weighted by Crippen LogP contribution is 2.40. The number of phenolic OH excluding ortho intramolecular Hbond substituents is 1. The van der Waals surface area contributed by atoms with Crippen molar-refractivity contribution in [2.24, 2.45) is 0 Å². The molecule has 1 aliphatic carbocycles. The molecule has 0 amide bonds. The second-order valence-corrected chi connectivity index (χ2v) is 8.03. The molecule has 3 aromatic carbocycles. The van der Waals surface area contributed by atoms with Gasteiger partial charge in [-0.15, -0.1) is 0 Å². The van der Waals surface area contributed by atoms with Gasteiger partial charge in [-0.25, -0.2) is 0 Å². The third kappa shape index (κ3) is 3.21. The predicted molar refractivity (Wildman–Crippen MR) is 119 cm³/mol. The summed E-state index contributed by atoms with van der Waals surface area (Å²) in [6, 6.07) is 23.3. The Morgan fingerprint density at radius 3 is 2.28 bits per heavy atom. The molecule has 4 aromatic rings. The summed E-state index contributed by atoms with van der Waals surface area (Å²) in [4.78, 5) is 0. The zero-order chi connectivity index (χ0) is 19.8. The lowest BCUT2D eigenvalue weighted by atomic mass is 9.98. The highest BCUT2D eigenvalue weighted by Gasteiger charge is 2.24. The Kier molecular flexibility index (Phi) is 4.59. The van der Waals surface area contributed by atoms with Gasteiger partial charge in [0.25, 0.3) is 0 Å². The first kappa shape index (κ1) is 18.0. The van der Waals surface area contributed by atoms with Crippen LogP contribution in [0.15, 0.2) is 66.7 Å². The van der Waals surface area contributed by atoms with Gasteiger partial charge in [-0.3, -0.25) is 4.68 Å². The van der Waals surface area contributed by atoms with Crippen molar-refractivity contribution in [2.75, 3.05) is 0 Å². The normalized spacial score (nSPS) is 14.7. The molecule has 0 saturated heterocycles. The summed E-state index contributed by atoms with van der Waals surface area (Å²) in [6.07, 6.45) is 5.97. The van der Waals surface area contributed by atoms with Crippen LogP contribution in [0.25, 0.3) is 33.3 Å². The monoisotopic (exact) mass is 382 g/mol. The first-order chi connectivity index (χ1) is 14.2. The SMILES string of the molecule is CCc1ccc(-c2cccc3c(-c4ccc(O)cc4)nn(C4CCCC4)c23)cc1. The summed E-state index contributed by atoms with van der Waals surface area (Å²) in [6.45, 7) is 2.19. The molecule has 0 bridgehead atoms. The van der Waals surface area contributed by atoms with E-state index in [0.717, 1.165) is 17.7 Å². The van der Waals surface area contributed by atoms with Crippen LogP contribution in [-0.2, 0) is 6.42 Å². The lowest BCUT2D eigenvalue weighted by Gasteiger charge is -2.14.